The van der Waals surface area contributed by atoms with Crippen LogP contribution in [0.5, 0.6) is 0 Å². The zero-order valence-electron chi connectivity index (χ0n) is 72.1. The number of hydrogen-bond acceptors (Lipinski definition) is 18. The van der Waals surface area contributed by atoms with E-state index in [1.54, 1.807) is 6.08 Å². The predicted octanol–water partition coefficient (Wildman–Crippen LogP) is 19.0. The molecule has 0 aromatic heterocycles. The third kappa shape index (κ3) is 52.1. The van der Waals surface area contributed by atoms with Gasteiger partial charge in [0.1, 0.15) is 73.2 Å². The van der Waals surface area contributed by atoms with Crippen LogP contribution in [-0.2, 0) is 33.2 Å². The molecule has 3 saturated heterocycles. The minimum Gasteiger partial charge on any atom is -0.394 e. The summed E-state index contributed by atoms with van der Waals surface area (Å²) >= 11 is 0. The Morgan fingerprint density at radius 1 is 0.319 bits per heavy atom. The molecular formula is C94H177NO18. The van der Waals surface area contributed by atoms with Gasteiger partial charge in [0.05, 0.1) is 38.6 Å². The molecule has 12 N–H and O–H groups in total. The van der Waals surface area contributed by atoms with E-state index in [0.29, 0.717) is 6.42 Å². The van der Waals surface area contributed by atoms with Crippen LogP contribution in [0.3, 0.4) is 0 Å². The van der Waals surface area contributed by atoms with Gasteiger partial charge in [-0.25, -0.2) is 0 Å². The van der Waals surface area contributed by atoms with Crippen molar-refractivity contribution in [3.05, 3.63) is 36.5 Å². The van der Waals surface area contributed by atoms with Gasteiger partial charge in [-0.15, -0.1) is 0 Å². The van der Waals surface area contributed by atoms with E-state index in [1.807, 2.05) is 6.08 Å². The fourth-order valence-corrected chi connectivity index (χ4v) is 16.3. The number of hydrogen-bond donors (Lipinski definition) is 12. The van der Waals surface area contributed by atoms with E-state index < -0.39 is 124 Å². The number of allylic oxidation sites excluding steroid dienone is 5. The maximum atomic E-state index is 13.5. The van der Waals surface area contributed by atoms with Crippen molar-refractivity contribution < 1.29 is 89.4 Å². The van der Waals surface area contributed by atoms with Gasteiger partial charge >= 0.3 is 0 Å². The van der Waals surface area contributed by atoms with Crippen LogP contribution in [0, 0.1) is 0 Å². The molecule has 0 bridgehead atoms. The summed E-state index contributed by atoms with van der Waals surface area (Å²) in [6, 6.07) is -0.973. The predicted molar refractivity (Wildman–Crippen MR) is 457 cm³/mol. The molecule has 19 nitrogen and oxygen atoms in total. The summed E-state index contributed by atoms with van der Waals surface area (Å²) in [7, 11) is 0. The summed E-state index contributed by atoms with van der Waals surface area (Å²) in [4.78, 5) is 13.5. The number of carbonyl (C=O) groups excluding carboxylic acids is 1. The first-order valence-corrected chi connectivity index (χ1v) is 47.7. The van der Waals surface area contributed by atoms with Gasteiger partial charge in [0.15, 0.2) is 18.9 Å². The average Bonchev–Trinajstić information content (AvgIpc) is 0.777. The van der Waals surface area contributed by atoms with Crippen LogP contribution in [0.4, 0.5) is 0 Å². The molecular weight excluding hydrogens is 1430 g/mol. The van der Waals surface area contributed by atoms with Crippen LogP contribution in [0.1, 0.15) is 425 Å². The number of ether oxygens (including phenoxy) is 6. The van der Waals surface area contributed by atoms with E-state index in [4.69, 9.17) is 28.4 Å². The fourth-order valence-electron chi connectivity index (χ4n) is 16.3. The summed E-state index contributed by atoms with van der Waals surface area (Å²) in [5.74, 6) is -0.265. The zero-order valence-corrected chi connectivity index (χ0v) is 72.1. The molecule has 0 aromatic carbocycles. The summed E-state index contributed by atoms with van der Waals surface area (Å²) < 4.78 is 34.6. The van der Waals surface area contributed by atoms with Gasteiger partial charge < -0.3 is 89.9 Å². The summed E-state index contributed by atoms with van der Waals surface area (Å²) in [5.41, 5.74) is 0. The van der Waals surface area contributed by atoms with Gasteiger partial charge in [0.2, 0.25) is 5.91 Å². The molecule has 3 heterocycles. The number of aliphatic hydroxyl groups is 11. The van der Waals surface area contributed by atoms with Crippen LogP contribution in [0.2, 0.25) is 0 Å². The van der Waals surface area contributed by atoms with Crippen molar-refractivity contribution in [1.29, 1.82) is 0 Å². The molecule has 0 radical (unpaired) electrons. The van der Waals surface area contributed by atoms with Crippen molar-refractivity contribution >= 4 is 5.91 Å². The first kappa shape index (κ1) is 105. The van der Waals surface area contributed by atoms with Gasteiger partial charge in [0, 0.05) is 6.42 Å². The Bertz CT molecular complexity index is 2170. The SMILES string of the molecule is CCCCCCC/C=C\C/C=C\CCCCCCCCCCCCCCCCCCCCCCCCCCCCCCCC(=O)NC(COC1OC(CO)C(OC2OC(CO)C(OC3OC(CO)C(O)C(O)C3O)C(O)C2O)C(O)C1O)C(O)/C=C/CCCCCCCCCCCCCCCCCCCCCCCCCCC. The summed E-state index contributed by atoms with van der Waals surface area (Å²) in [5, 5.41) is 121. The number of unbranched alkanes of at least 4 members (excludes halogenated alkanes) is 59. The van der Waals surface area contributed by atoms with Crippen molar-refractivity contribution in [3.63, 3.8) is 0 Å². The number of nitrogens with one attached hydrogen (secondary N) is 1. The highest BCUT2D eigenvalue weighted by atomic mass is 16.8. The first-order chi connectivity index (χ1) is 55.3. The van der Waals surface area contributed by atoms with E-state index in [-0.39, 0.29) is 18.9 Å². The second-order valence-corrected chi connectivity index (χ2v) is 34.2. The standard InChI is InChI=1S/C94H177NO18/c1-3-5-7-9-11-13-15-17-19-21-23-25-27-29-31-32-33-34-35-36-37-38-39-40-41-42-43-44-46-48-50-52-54-56-58-60-62-64-66-68-70-72-82(100)95-77(78(99)71-69-67-65-63-61-59-57-55-53-51-49-47-45-30-28-26-24-22-20-18-16-14-12-10-8-6-4-2)76-108-92-88(106)85(103)90(80(74-97)110-92)113-94-89(107)86(104)91(81(75-98)111-94)112-93-87(105)84(102)83(101)79(73-96)109-93/h15,17,21,23,69,71,77-81,83-94,96-99,101-107H,3-14,16,18-20,22,24-68,70,72-76H2,1-2H3,(H,95,100)/b17-15-,23-21-,71-69+. The monoisotopic (exact) mass is 1610 g/mol. The quantitative estimate of drug-likeness (QED) is 0.0199. The van der Waals surface area contributed by atoms with Gasteiger partial charge in [-0.05, 0) is 51.4 Å². The number of aliphatic hydroxyl groups excluding tert-OH is 11. The first-order valence-electron chi connectivity index (χ1n) is 47.7. The lowest BCUT2D eigenvalue weighted by atomic mass is 9.96. The molecule has 3 fully saturated rings. The van der Waals surface area contributed by atoms with Crippen LogP contribution in [-0.4, -0.2) is 193 Å². The van der Waals surface area contributed by atoms with Gasteiger partial charge in [-0.1, -0.05) is 403 Å². The smallest absolute Gasteiger partial charge is 0.220 e. The van der Waals surface area contributed by atoms with Crippen molar-refractivity contribution in [1.82, 2.24) is 5.32 Å². The van der Waals surface area contributed by atoms with Crippen molar-refractivity contribution in [2.45, 2.75) is 529 Å². The van der Waals surface area contributed by atoms with Crippen LogP contribution < -0.4 is 5.32 Å². The molecule has 0 saturated carbocycles. The van der Waals surface area contributed by atoms with E-state index in [1.165, 1.54) is 347 Å². The second kappa shape index (κ2) is 73.9. The third-order valence-corrected chi connectivity index (χ3v) is 23.9. The van der Waals surface area contributed by atoms with Gasteiger partial charge in [-0.2, -0.15) is 0 Å². The van der Waals surface area contributed by atoms with Crippen molar-refractivity contribution in [2.24, 2.45) is 0 Å². The molecule has 1 amide bonds. The molecule has 0 aromatic rings. The number of amides is 1. The Morgan fingerprint density at radius 2 is 0.584 bits per heavy atom. The van der Waals surface area contributed by atoms with Gasteiger partial charge in [-0.3, -0.25) is 4.79 Å². The van der Waals surface area contributed by atoms with E-state index >= 15 is 0 Å². The van der Waals surface area contributed by atoms with Crippen LogP contribution >= 0.6 is 0 Å². The highest BCUT2D eigenvalue weighted by Crippen LogP contribution is 2.34. The molecule has 17 atom stereocenters. The van der Waals surface area contributed by atoms with E-state index in [2.05, 4.69) is 43.5 Å². The zero-order chi connectivity index (χ0) is 81.7. The third-order valence-electron chi connectivity index (χ3n) is 23.9. The Morgan fingerprint density at radius 3 is 0.903 bits per heavy atom. The maximum Gasteiger partial charge on any atom is 0.220 e. The Kier molecular flexibility index (Phi) is 68.8. The summed E-state index contributed by atoms with van der Waals surface area (Å²) in [6.45, 7) is 1.80. The van der Waals surface area contributed by atoms with Crippen molar-refractivity contribution in [2.75, 3.05) is 26.4 Å². The Labute approximate surface area is 689 Å². The topological polar surface area (TPSA) is 307 Å². The van der Waals surface area contributed by atoms with E-state index in [0.717, 1.165) is 51.4 Å². The molecule has 3 rings (SSSR count). The molecule has 17 unspecified atom stereocenters. The van der Waals surface area contributed by atoms with Crippen LogP contribution in [0.15, 0.2) is 36.5 Å². The molecule has 666 valence electrons. The Balaban J connectivity index is 1.28. The van der Waals surface area contributed by atoms with Crippen molar-refractivity contribution in [3.8, 4) is 0 Å². The molecule has 3 aliphatic rings. The normalized spacial score (nSPS) is 24.9. The second-order valence-electron chi connectivity index (χ2n) is 34.2. The Hall–Kier alpha value is -1.99. The minimum absolute atomic E-state index is 0.249. The largest absolute Gasteiger partial charge is 0.394 e. The van der Waals surface area contributed by atoms with Crippen LogP contribution in [0.25, 0.3) is 0 Å². The maximum absolute atomic E-state index is 13.5. The van der Waals surface area contributed by atoms with Gasteiger partial charge in [0.25, 0.3) is 0 Å². The lowest BCUT2D eigenvalue weighted by Crippen LogP contribution is -2.66. The highest BCUT2D eigenvalue weighted by molar-refractivity contribution is 5.76. The minimum atomic E-state index is -1.98. The number of carbonyl (C=O) groups is 1. The average molecular weight is 1610 g/mol. The lowest BCUT2D eigenvalue weighted by molar-refractivity contribution is -0.379. The molecule has 3 aliphatic heterocycles. The molecule has 19 heteroatoms. The fraction of sp³-hybridized carbons (Fsp3) is 0.926. The molecule has 0 aliphatic carbocycles. The lowest BCUT2D eigenvalue weighted by Gasteiger charge is -2.48. The molecule has 113 heavy (non-hydrogen) atoms. The molecule has 0 spiro atoms. The summed E-state index contributed by atoms with van der Waals surface area (Å²) in [6.07, 6.45) is 68.9. The van der Waals surface area contributed by atoms with E-state index in [9.17, 15) is 61.0 Å². The number of rotatable bonds is 79. The highest BCUT2D eigenvalue weighted by Gasteiger charge is 2.54.